The van der Waals surface area contributed by atoms with E-state index in [1.165, 1.54) is 6.42 Å². The van der Waals surface area contributed by atoms with Gasteiger partial charge in [-0.3, -0.25) is 0 Å². The summed E-state index contributed by atoms with van der Waals surface area (Å²) in [4.78, 5) is 2.23. The summed E-state index contributed by atoms with van der Waals surface area (Å²) in [5, 5.41) is 3.60. The van der Waals surface area contributed by atoms with E-state index < -0.39 is 0 Å². The second-order valence-corrected chi connectivity index (χ2v) is 4.76. The van der Waals surface area contributed by atoms with Gasteiger partial charge in [0.05, 0.1) is 0 Å². The molecule has 1 atom stereocenters. The first-order valence-electron chi connectivity index (χ1n) is 4.77. The van der Waals surface area contributed by atoms with Crippen molar-refractivity contribution >= 4 is 0 Å². The van der Waals surface area contributed by atoms with E-state index in [1.807, 2.05) is 0 Å². The molecule has 1 N–H and O–H groups in total. The summed E-state index contributed by atoms with van der Waals surface area (Å²) in [5.41, 5.74) is 0.233. The van der Waals surface area contributed by atoms with Crippen LogP contribution in [0.1, 0.15) is 34.1 Å². The molecule has 0 aliphatic rings. The normalized spacial score (nSPS) is 15.2. The maximum absolute atomic E-state index is 3.60. The fourth-order valence-electron chi connectivity index (χ4n) is 1.33. The van der Waals surface area contributed by atoms with Crippen LogP contribution >= 0.6 is 0 Å². The van der Waals surface area contributed by atoms with Gasteiger partial charge in [0.15, 0.2) is 0 Å². The van der Waals surface area contributed by atoms with Gasteiger partial charge in [0.25, 0.3) is 0 Å². The highest BCUT2D eigenvalue weighted by Crippen LogP contribution is 2.04. The predicted molar refractivity (Wildman–Crippen MR) is 55.5 cm³/mol. The maximum atomic E-state index is 3.60. The lowest BCUT2D eigenvalue weighted by atomic mass is 10.1. The van der Waals surface area contributed by atoms with Gasteiger partial charge in [-0.25, -0.2) is 0 Å². The topological polar surface area (TPSA) is 15.3 Å². The Morgan fingerprint density at radius 1 is 1.25 bits per heavy atom. The molecule has 0 radical (unpaired) electrons. The largest absolute Gasteiger partial charge is 0.308 e. The molecule has 0 aromatic rings. The minimum atomic E-state index is 0.233. The molecule has 0 rings (SSSR count). The van der Waals surface area contributed by atoms with E-state index in [0.717, 1.165) is 6.54 Å². The highest BCUT2D eigenvalue weighted by molar-refractivity contribution is 4.78. The third kappa shape index (κ3) is 6.62. The Morgan fingerprint density at radius 3 is 2.00 bits per heavy atom. The molecule has 0 aliphatic heterocycles. The van der Waals surface area contributed by atoms with E-state index in [2.05, 4.69) is 52.0 Å². The highest BCUT2D eigenvalue weighted by Gasteiger charge is 2.15. The minimum absolute atomic E-state index is 0.233. The number of nitrogens with one attached hydrogen (secondary N) is 1. The highest BCUT2D eigenvalue weighted by atomic mass is 15.1. The van der Waals surface area contributed by atoms with Crippen LogP contribution in [0.2, 0.25) is 0 Å². The van der Waals surface area contributed by atoms with Crippen LogP contribution in [-0.4, -0.2) is 37.1 Å². The first-order chi connectivity index (χ1) is 5.35. The zero-order valence-electron chi connectivity index (χ0n) is 9.44. The Balaban J connectivity index is 3.83. The van der Waals surface area contributed by atoms with Crippen molar-refractivity contribution in [3.63, 3.8) is 0 Å². The van der Waals surface area contributed by atoms with Crippen molar-refractivity contribution < 1.29 is 0 Å². The first kappa shape index (κ1) is 11.9. The zero-order chi connectivity index (χ0) is 9.78. The summed E-state index contributed by atoms with van der Waals surface area (Å²) in [6.45, 7) is 9.99. The van der Waals surface area contributed by atoms with Gasteiger partial charge in [-0.05, 0) is 41.3 Å². The number of rotatable bonds is 4. The van der Waals surface area contributed by atoms with Crippen LogP contribution in [0.3, 0.4) is 0 Å². The van der Waals surface area contributed by atoms with Crippen LogP contribution in [0.4, 0.5) is 0 Å². The first-order valence-corrected chi connectivity index (χ1v) is 4.77. The Bertz CT molecular complexity index is 113. The van der Waals surface area contributed by atoms with Crippen molar-refractivity contribution in [3.8, 4) is 0 Å². The lowest BCUT2D eigenvalue weighted by molar-refractivity contribution is 0.281. The molecule has 0 saturated heterocycles. The second-order valence-electron chi connectivity index (χ2n) is 4.76. The van der Waals surface area contributed by atoms with Crippen LogP contribution in [-0.2, 0) is 0 Å². The maximum Gasteiger partial charge on any atom is 0.0196 e. The van der Waals surface area contributed by atoms with E-state index in [0.29, 0.717) is 6.04 Å². The Kier molecular flexibility index (Phi) is 4.80. The van der Waals surface area contributed by atoms with Crippen LogP contribution in [0.5, 0.6) is 0 Å². The van der Waals surface area contributed by atoms with Gasteiger partial charge in [-0.2, -0.15) is 0 Å². The van der Waals surface area contributed by atoms with Gasteiger partial charge in [0.1, 0.15) is 0 Å². The SMILES string of the molecule is CCC(CN(C)C)NC(C)(C)C. The van der Waals surface area contributed by atoms with E-state index in [9.17, 15) is 0 Å². The fourth-order valence-corrected chi connectivity index (χ4v) is 1.33. The van der Waals surface area contributed by atoms with Gasteiger partial charge in [0.2, 0.25) is 0 Å². The monoisotopic (exact) mass is 172 g/mol. The molecular weight excluding hydrogens is 148 g/mol. The molecule has 0 aliphatic carbocycles. The molecule has 0 heterocycles. The zero-order valence-corrected chi connectivity index (χ0v) is 9.44. The summed E-state index contributed by atoms with van der Waals surface area (Å²) in [7, 11) is 4.24. The number of nitrogens with zero attached hydrogens (tertiary/aromatic N) is 1. The van der Waals surface area contributed by atoms with Crippen molar-refractivity contribution in [1.29, 1.82) is 0 Å². The summed E-state index contributed by atoms with van der Waals surface area (Å²) >= 11 is 0. The van der Waals surface area contributed by atoms with E-state index >= 15 is 0 Å². The number of hydrogen-bond donors (Lipinski definition) is 1. The van der Waals surface area contributed by atoms with Crippen LogP contribution in [0.25, 0.3) is 0 Å². The summed E-state index contributed by atoms with van der Waals surface area (Å²) in [6, 6.07) is 0.611. The minimum Gasteiger partial charge on any atom is -0.308 e. The van der Waals surface area contributed by atoms with Crippen molar-refractivity contribution in [3.05, 3.63) is 0 Å². The predicted octanol–water partition coefficient (Wildman–Crippen LogP) is 1.71. The molecule has 0 spiro atoms. The smallest absolute Gasteiger partial charge is 0.0196 e. The second kappa shape index (κ2) is 4.83. The molecule has 2 nitrogen and oxygen atoms in total. The molecule has 0 aromatic carbocycles. The van der Waals surface area contributed by atoms with Crippen LogP contribution in [0.15, 0.2) is 0 Å². The van der Waals surface area contributed by atoms with Crippen molar-refractivity contribution in [1.82, 2.24) is 10.2 Å². The summed E-state index contributed by atoms with van der Waals surface area (Å²) in [6.07, 6.45) is 1.19. The number of hydrogen-bond acceptors (Lipinski definition) is 2. The summed E-state index contributed by atoms with van der Waals surface area (Å²) < 4.78 is 0. The Labute approximate surface area is 77.3 Å². The Hall–Kier alpha value is -0.0800. The lowest BCUT2D eigenvalue weighted by Gasteiger charge is -2.29. The quantitative estimate of drug-likeness (QED) is 0.694. The average molecular weight is 172 g/mol. The van der Waals surface area contributed by atoms with Crippen molar-refractivity contribution in [2.75, 3.05) is 20.6 Å². The van der Waals surface area contributed by atoms with Gasteiger partial charge < -0.3 is 10.2 Å². The third-order valence-corrected chi connectivity index (χ3v) is 1.72. The van der Waals surface area contributed by atoms with Crippen LogP contribution < -0.4 is 5.32 Å². The molecule has 0 fully saturated rings. The molecule has 0 aromatic heterocycles. The van der Waals surface area contributed by atoms with Gasteiger partial charge in [-0.1, -0.05) is 6.92 Å². The standard InChI is InChI=1S/C10H24N2/c1-7-9(8-12(5)6)11-10(2,3)4/h9,11H,7-8H2,1-6H3. The molecule has 0 amide bonds. The molecule has 74 valence electrons. The molecule has 2 heteroatoms. The van der Waals surface area contributed by atoms with E-state index in [-0.39, 0.29) is 5.54 Å². The lowest BCUT2D eigenvalue weighted by Crippen LogP contribution is -2.47. The van der Waals surface area contributed by atoms with Crippen LogP contribution in [0, 0.1) is 0 Å². The Morgan fingerprint density at radius 2 is 1.75 bits per heavy atom. The molecule has 12 heavy (non-hydrogen) atoms. The van der Waals surface area contributed by atoms with Gasteiger partial charge in [-0.15, -0.1) is 0 Å². The summed E-state index contributed by atoms with van der Waals surface area (Å²) in [5.74, 6) is 0. The fraction of sp³-hybridized carbons (Fsp3) is 1.00. The molecule has 1 unspecified atom stereocenters. The van der Waals surface area contributed by atoms with Crippen molar-refractivity contribution in [2.24, 2.45) is 0 Å². The number of likely N-dealkylation sites (N-methyl/N-ethyl adjacent to an activating group) is 1. The average Bonchev–Trinajstić information content (AvgIpc) is 1.82. The third-order valence-electron chi connectivity index (χ3n) is 1.72. The molecular formula is C10H24N2. The molecule has 0 saturated carbocycles. The van der Waals surface area contributed by atoms with E-state index in [1.54, 1.807) is 0 Å². The van der Waals surface area contributed by atoms with E-state index in [4.69, 9.17) is 0 Å². The van der Waals surface area contributed by atoms with Gasteiger partial charge >= 0.3 is 0 Å². The molecule has 0 bridgehead atoms. The van der Waals surface area contributed by atoms with Crippen molar-refractivity contribution in [2.45, 2.75) is 45.7 Å². The van der Waals surface area contributed by atoms with Gasteiger partial charge in [0, 0.05) is 18.1 Å².